The van der Waals surface area contributed by atoms with Crippen LogP contribution in [0.4, 0.5) is 5.69 Å². The summed E-state index contributed by atoms with van der Waals surface area (Å²) < 4.78 is 0. The van der Waals surface area contributed by atoms with Crippen molar-refractivity contribution in [2.24, 2.45) is 17.3 Å². The Hall–Kier alpha value is -2.04. The van der Waals surface area contributed by atoms with Gasteiger partial charge in [0.2, 0.25) is 5.91 Å². The number of anilines is 1. The predicted molar refractivity (Wildman–Crippen MR) is 95.0 cm³/mol. The molecule has 0 saturated heterocycles. The zero-order chi connectivity index (χ0) is 17.2. The fraction of sp³-hybridized carbons (Fsp3) is 0.600. The zero-order valence-electron chi connectivity index (χ0n) is 14.6. The smallest absolute Gasteiger partial charge is 0.255 e. The highest BCUT2D eigenvalue weighted by Crippen LogP contribution is 2.58. The Kier molecular flexibility index (Phi) is 3.04. The van der Waals surface area contributed by atoms with E-state index in [-0.39, 0.29) is 23.1 Å². The average molecular weight is 339 g/mol. The number of para-hydroxylation sites is 1. The number of fused-ring (bicyclic) bond motifs is 3. The van der Waals surface area contributed by atoms with Gasteiger partial charge >= 0.3 is 0 Å². The molecule has 0 radical (unpaired) electrons. The summed E-state index contributed by atoms with van der Waals surface area (Å²) in [7, 11) is 0. The topological polar surface area (TPSA) is 70.2 Å². The molecule has 6 rings (SSSR count). The average Bonchev–Trinajstić information content (AvgIpc) is 3.38. The van der Waals surface area contributed by atoms with Crippen LogP contribution in [0.25, 0.3) is 0 Å². The first-order chi connectivity index (χ1) is 12.0. The molecule has 0 aromatic heterocycles. The van der Waals surface area contributed by atoms with E-state index < -0.39 is 5.66 Å². The minimum atomic E-state index is -0.408. The molecule has 5 nitrogen and oxygen atoms in total. The monoisotopic (exact) mass is 339 g/mol. The predicted octanol–water partition coefficient (Wildman–Crippen LogP) is 2.64. The van der Waals surface area contributed by atoms with E-state index in [1.165, 1.54) is 0 Å². The SMILES string of the molecule is C[C@]12CC[C@H](C[C@@H]1C(=O)NC1CC1)[C@]1(C2)NC(=O)c2ccccc2N1. The lowest BCUT2D eigenvalue weighted by Crippen LogP contribution is -2.70. The zero-order valence-corrected chi connectivity index (χ0v) is 14.6. The molecule has 1 aromatic carbocycles. The van der Waals surface area contributed by atoms with Crippen LogP contribution in [0.15, 0.2) is 24.3 Å². The van der Waals surface area contributed by atoms with Gasteiger partial charge in [0.25, 0.3) is 5.91 Å². The fourth-order valence-electron chi connectivity index (χ4n) is 5.38. The van der Waals surface area contributed by atoms with Gasteiger partial charge in [0.05, 0.1) is 5.56 Å². The minimum Gasteiger partial charge on any atom is -0.362 e. The quantitative estimate of drug-likeness (QED) is 0.776. The Labute approximate surface area is 147 Å². The third-order valence-electron chi connectivity index (χ3n) is 6.91. The highest BCUT2D eigenvalue weighted by atomic mass is 16.2. The van der Waals surface area contributed by atoms with Crippen LogP contribution in [-0.2, 0) is 4.79 Å². The van der Waals surface area contributed by atoms with Crippen molar-refractivity contribution in [3.63, 3.8) is 0 Å². The van der Waals surface area contributed by atoms with Crippen molar-refractivity contribution in [3.05, 3.63) is 29.8 Å². The lowest BCUT2D eigenvalue weighted by molar-refractivity contribution is -0.139. The first-order valence-electron chi connectivity index (χ1n) is 9.49. The third-order valence-corrected chi connectivity index (χ3v) is 6.91. The molecule has 3 N–H and O–H groups in total. The second-order valence-corrected chi connectivity index (χ2v) is 8.73. The van der Waals surface area contributed by atoms with Gasteiger partial charge in [-0.2, -0.15) is 0 Å². The number of hydrogen-bond acceptors (Lipinski definition) is 3. The van der Waals surface area contributed by atoms with Gasteiger partial charge in [-0.3, -0.25) is 9.59 Å². The van der Waals surface area contributed by atoms with Crippen molar-refractivity contribution in [1.82, 2.24) is 10.6 Å². The molecule has 4 atom stereocenters. The molecule has 1 heterocycles. The van der Waals surface area contributed by atoms with Crippen molar-refractivity contribution < 1.29 is 9.59 Å². The molecule has 132 valence electrons. The number of carbonyl (C=O) groups excluding carboxylic acids is 2. The molecule has 1 aliphatic heterocycles. The van der Waals surface area contributed by atoms with Crippen molar-refractivity contribution in [3.8, 4) is 0 Å². The first-order valence-corrected chi connectivity index (χ1v) is 9.49. The molecule has 2 amide bonds. The largest absolute Gasteiger partial charge is 0.362 e. The summed E-state index contributed by atoms with van der Waals surface area (Å²) in [5, 5.41) is 10.1. The molecular formula is C20H25N3O2. The van der Waals surface area contributed by atoms with E-state index in [9.17, 15) is 9.59 Å². The first kappa shape index (κ1) is 15.2. The summed E-state index contributed by atoms with van der Waals surface area (Å²) in [5.74, 6) is 0.589. The van der Waals surface area contributed by atoms with Gasteiger partial charge in [-0.1, -0.05) is 19.1 Å². The van der Waals surface area contributed by atoms with Gasteiger partial charge in [0, 0.05) is 23.6 Å². The molecular weight excluding hydrogens is 314 g/mol. The summed E-state index contributed by atoms with van der Waals surface area (Å²) >= 11 is 0. The van der Waals surface area contributed by atoms with Crippen LogP contribution in [0.1, 0.15) is 55.8 Å². The van der Waals surface area contributed by atoms with Crippen LogP contribution in [0.5, 0.6) is 0 Å². The molecule has 2 bridgehead atoms. The third kappa shape index (κ3) is 2.28. The second kappa shape index (κ2) is 4.99. The summed E-state index contributed by atoms with van der Waals surface area (Å²) in [6, 6.07) is 8.11. The number of rotatable bonds is 2. The van der Waals surface area contributed by atoms with E-state index >= 15 is 0 Å². The van der Waals surface area contributed by atoms with Crippen molar-refractivity contribution >= 4 is 17.5 Å². The molecule has 1 aromatic rings. The van der Waals surface area contributed by atoms with Gasteiger partial charge in [0.1, 0.15) is 5.66 Å². The van der Waals surface area contributed by atoms with Crippen LogP contribution in [-0.4, -0.2) is 23.5 Å². The lowest BCUT2D eigenvalue weighted by atomic mass is 9.51. The minimum absolute atomic E-state index is 0.00415. The highest BCUT2D eigenvalue weighted by Gasteiger charge is 2.60. The molecule has 4 fully saturated rings. The van der Waals surface area contributed by atoms with Crippen LogP contribution >= 0.6 is 0 Å². The van der Waals surface area contributed by atoms with Crippen molar-refractivity contribution in [1.29, 1.82) is 0 Å². The number of amides is 2. The number of hydrogen-bond donors (Lipinski definition) is 3. The second-order valence-electron chi connectivity index (χ2n) is 8.73. The molecule has 4 saturated carbocycles. The van der Waals surface area contributed by atoms with Crippen molar-refractivity contribution in [2.75, 3.05) is 5.32 Å². The van der Waals surface area contributed by atoms with Gasteiger partial charge in [-0.15, -0.1) is 0 Å². The van der Waals surface area contributed by atoms with Gasteiger partial charge in [0.15, 0.2) is 0 Å². The number of nitrogens with one attached hydrogen (secondary N) is 3. The molecule has 1 spiro atoms. The molecule has 25 heavy (non-hydrogen) atoms. The highest BCUT2D eigenvalue weighted by molar-refractivity contribution is 6.02. The van der Waals surface area contributed by atoms with Crippen LogP contribution in [0, 0.1) is 17.3 Å². The van der Waals surface area contributed by atoms with E-state index in [0.29, 0.717) is 17.5 Å². The van der Waals surface area contributed by atoms with E-state index in [1.54, 1.807) is 0 Å². The van der Waals surface area contributed by atoms with Gasteiger partial charge in [-0.05, 0) is 56.1 Å². The summed E-state index contributed by atoms with van der Waals surface area (Å²) in [6.07, 6.45) is 6.02. The maximum absolute atomic E-state index is 12.8. The molecule has 5 heteroatoms. The Bertz CT molecular complexity index is 759. The summed E-state index contributed by atoms with van der Waals surface area (Å²) in [6.45, 7) is 2.23. The maximum atomic E-state index is 12.8. The Morgan fingerprint density at radius 3 is 2.76 bits per heavy atom. The van der Waals surface area contributed by atoms with E-state index in [0.717, 1.165) is 44.2 Å². The van der Waals surface area contributed by atoms with Crippen molar-refractivity contribution in [2.45, 2.75) is 57.2 Å². The molecule has 5 aliphatic rings. The van der Waals surface area contributed by atoms with Gasteiger partial charge < -0.3 is 16.0 Å². The Morgan fingerprint density at radius 1 is 1.20 bits per heavy atom. The molecule has 4 aliphatic carbocycles. The van der Waals surface area contributed by atoms with Crippen LogP contribution in [0.2, 0.25) is 0 Å². The van der Waals surface area contributed by atoms with Crippen LogP contribution < -0.4 is 16.0 Å². The Morgan fingerprint density at radius 2 is 2.00 bits per heavy atom. The van der Waals surface area contributed by atoms with Crippen LogP contribution in [0.3, 0.4) is 0 Å². The maximum Gasteiger partial charge on any atom is 0.255 e. The summed E-state index contributed by atoms with van der Waals surface area (Å²) in [4.78, 5) is 25.4. The molecule has 0 unspecified atom stereocenters. The number of carbonyl (C=O) groups is 2. The summed E-state index contributed by atoms with van der Waals surface area (Å²) in [5.41, 5.74) is 1.15. The van der Waals surface area contributed by atoms with Gasteiger partial charge in [-0.25, -0.2) is 0 Å². The number of benzene rings is 1. The van der Waals surface area contributed by atoms with E-state index in [1.807, 2.05) is 24.3 Å². The Balaban J connectivity index is 1.44. The normalized spacial score (nSPS) is 38.7. The van der Waals surface area contributed by atoms with E-state index in [4.69, 9.17) is 0 Å². The standard InChI is InChI=1S/C20H25N3O2/c1-19-9-8-12(10-15(19)18(25)21-13-6-7-13)20(11-19)22-16-5-3-2-4-14(16)17(24)23-20/h2-5,12-13,15,22H,6-11H2,1H3,(H,21,25)(H,23,24)/t12-,15-,19-,20+/m1/s1. The lowest BCUT2D eigenvalue weighted by Gasteiger charge is -2.60. The van der Waals surface area contributed by atoms with E-state index in [2.05, 4.69) is 22.9 Å². The fourth-order valence-corrected chi connectivity index (χ4v) is 5.38.